The number of Topliss-reactive ketones (excluding diaryl/α,β-unsaturated/α-hetero) is 1. The topological polar surface area (TPSA) is 75.5 Å². The zero-order valence-electron chi connectivity index (χ0n) is 22.4. The summed E-state index contributed by atoms with van der Waals surface area (Å²) in [5.41, 5.74) is 5.86. The lowest BCUT2D eigenvalue weighted by Gasteiger charge is -2.36. The molecule has 0 saturated carbocycles. The van der Waals surface area contributed by atoms with Crippen molar-refractivity contribution in [2.45, 2.75) is 47.6 Å². The summed E-state index contributed by atoms with van der Waals surface area (Å²) in [6.45, 7) is 18.0. The number of rotatable bonds is 7. The number of nitriles is 1. The molecule has 0 unspecified atom stereocenters. The number of carbonyl (C=O) groups excluding carboxylic acids is 1. The van der Waals surface area contributed by atoms with Crippen molar-refractivity contribution in [1.29, 1.82) is 5.26 Å². The van der Waals surface area contributed by atoms with Crippen molar-refractivity contribution >= 4 is 17.3 Å². The molecule has 36 heavy (non-hydrogen) atoms. The van der Waals surface area contributed by atoms with Gasteiger partial charge in [0.15, 0.2) is 11.6 Å². The van der Waals surface area contributed by atoms with E-state index in [2.05, 4.69) is 72.7 Å². The molecule has 1 N–H and O–H groups in total. The van der Waals surface area contributed by atoms with E-state index in [1.165, 1.54) is 6.92 Å². The second kappa shape index (κ2) is 12.0. The van der Waals surface area contributed by atoms with Crippen LogP contribution in [-0.2, 0) is 0 Å². The molecule has 0 bridgehead atoms. The molecule has 7 heteroatoms. The minimum atomic E-state index is -0.0982. The molecular weight excluding hydrogens is 448 g/mol. The monoisotopic (exact) mass is 486 g/mol. The first-order valence-electron chi connectivity index (χ1n) is 12.6. The van der Waals surface area contributed by atoms with Gasteiger partial charge in [-0.3, -0.25) is 25.0 Å². The largest absolute Gasteiger partial charge is 0.298 e. The molecule has 1 aliphatic heterocycles. The Morgan fingerprint density at radius 3 is 2.33 bits per heavy atom. The first-order valence-corrected chi connectivity index (χ1v) is 12.6. The van der Waals surface area contributed by atoms with Gasteiger partial charge in [0.05, 0.1) is 17.8 Å². The zero-order chi connectivity index (χ0) is 26.3. The lowest BCUT2D eigenvalue weighted by molar-refractivity contribution is 0.101. The number of carbonyl (C=O) groups is 1. The molecule has 0 radical (unpaired) electrons. The van der Waals surface area contributed by atoms with Crippen molar-refractivity contribution in [3.8, 4) is 17.9 Å². The maximum absolute atomic E-state index is 12.3. The van der Waals surface area contributed by atoms with Crippen LogP contribution in [0.3, 0.4) is 0 Å². The SMILES string of the molecule is CC(=O)c1ccc(C#N)nc1N(CC(C)(C)C)Nc1ccc(C#CCN2CCN(C(C)C)CC2)cc1. The Morgan fingerprint density at radius 1 is 1.11 bits per heavy atom. The first-order chi connectivity index (χ1) is 17.1. The lowest BCUT2D eigenvalue weighted by atomic mass is 9.96. The molecule has 3 rings (SSSR count). The van der Waals surface area contributed by atoms with Crippen LogP contribution < -0.4 is 10.4 Å². The van der Waals surface area contributed by atoms with E-state index >= 15 is 0 Å². The van der Waals surface area contributed by atoms with Crippen LogP contribution >= 0.6 is 0 Å². The van der Waals surface area contributed by atoms with Gasteiger partial charge >= 0.3 is 0 Å². The number of benzene rings is 1. The lowest BCUT2D eigenvalue weighted by Crippen LogP contribution is -2.48. The van der Waals surface area contributed by atoms with E-state index in [0.717, 1.165) is 44.0 Å². The first kappa shape index (κ1) is 27.2. The van der Waals surface area contributed by atoms with Crippen LogP contribution in [-0.4, -0.2) is 65.9 Å². The number of nitrogens with one attached hydrogen (secondary N) is 1. The highest BCUT2D eigenvalue weighted by atomic mass is 16.1. The fourth-order valence-corrected chi connectivity index (χ4v) is 4.11. The van der Waals surface area contributed by atoms with E-state index in [-0.39, 0.29) is 16.9 Å². The average molecular weight is 487 g/mol. The third-order valence-corrected chi connectivity index (χ3v) is 6.08. The zero-order valence-corrected chi connectivity index (χ0v) is 22.4. The van der Waals surface area contributed by atoms with E-state index < -0.39 is 0 Å². The van der Waals surface area contributed by atoms with Crippen LogP contribution in [0.2, 0.25) is 0 Å². The summed E-state index contributed by atoms with van der Waals surface area (Å²) in [6, 6.07) is 13.9. The van der Waals surface area contributed by atoms with Crippen LogP contribution in [0.1, 0.15) is 63.2 Å². The molecule has 0 atom stereocenters. The van der Waals surface area contributed by atoms with Gasteiger partial charge < -0.3 is 0 Å². The fourth-order valence-electron chi connectivity index (χ4n) is 4.11. The predicted molar refractivity (Wildman–Crippen MR) is 146 cm³/mol. The van der Waals surface area contributed by atoms with E-state index in [0.29, 0.717) is 24.0 Å². The van der Waals surface area contributed by atoms with Crippen molar-refractivity contribution in [2.24, 2.45) is 5.41 Å². The summed E-state index contributed by atoms with van der Waals surface area (Å²) >= 11 is 0. The molecule has 190 valence electrons. The van der Waals surface area contributed by atoms with Crippen molar-refractivity contribution in [3.05, 3.63) is 53.2 Å². The van der Waals surface area contributed by atoms with E-state index in [1.54, 1.807) is 12.1 Å². The van der Waals surface area contributed by atoms with Crippen LogP contribution in [0.4, 0.5) is 11.5 Å². The van der Waals surface area contributed by atoms with E-state index in [9.17, 15) is 10.1 Å². The summed E-state index contributed by atoms with van der Waals surface area (Å²) in [7, 11) is 0. The van der Waals surface area contributed by atoms with Gasteiger partial charge in [-0.05, 0) is 62.6 Å². The summed E-state index contributed by atoms with van der Waals surface area (Å²) in [4.78, 5) is 21.7. The number of hydrazine groups is 1. The van der Waals surface area contributed by atoms with Gasteiger partial charge in [-0.25, -0.2) is 4.98 Å². The van der Waals surface area contributed by atoms with E-state index in [1.807, 2.05) is 29.3 Å². The number of pyridine rings is 1. The Bertz CT molecular complexity index is 1140. The average Bonchev–Trinajstić information content (AvgIpc) is 2.83. The van der Waals surface area contributed by atoms with Crippen LogP contribution in [0.25, 0.3) is 0 Å². The Morgan fingerprint density at radius 2 is 1.78 bits per heavy atom. The van der Waals surface area contributed by atoms with Gasteiger partial charge in [-0.2, -0.15) is 5.26 Å². The minimum Gasteiger partial charge on any atom is -0.298 e. The van der Waals surface area contributed by atoms with Crippen LogP contribution in [0.5, 0.6) is 0 Å². The smallest absolute Gasteiger partial charge is 0.163 e. The quantitative estimate of drug-likeness (QED) is 0.353. The molecular formula is C29H38N6O. The highest BCUT2D eigenvalue weighted by Crippen LogP contribution is 2.25. The van der Waals surface area contributed by atoms with Crippen molar-refractivity contribution in [3.63, 3.8) is 0 Å². The Labute approximate surface area is 216 Å². The number of nitrogens with zero attached hydrogens (tertiary/aromatic N) is 5. The van der Waals surface area contributed by atoms with Crippen molar-refractivity contribution in [1.82, 2.24) is 14.8 Å². The Kier molecular flexibility index (Phi) is 9.09. The predicted octanol–water partition coefficient (Wildman–Crippen LogP) is 4.41. The number of hydrogen-bond donors (Lipinski definition) is 1. The molecule has 2 aromatic rings. The molecule has 0 amide bonds. The summed E-state index contributed by atoms with van der Waals surface area (Å²) < 4.78 is 0. The van der Waals surface area contributed by atoms with Crippen LogP contribution in [0, 0.1) is 28.6 Å². The number of anilines is 2. The van der Waals surface area contributed by atoms with Gasteiger partial charge in [0, 0.05) is 44.3 Å². The third kappa shape index (κ3) is 7.81. The maximum Gasteiger partial charge on any atom is 0.163 e. The number of piperazine rings is 1. The molecule has 0 spiro atoms. The molecule has 1 aromatic carbocycles. The molecule has 0 aliphatic carbocycles. The van der Waals surface area contributed by atoms with Gasteiger partial charge in [-0.15, -0.1) is 0 Å². The second-order valence-electron chi connectivity index (χ2n) is 10.8. The Hall–Kier alpha value is -3.39. The molecule has 1 aliphatic rings. The number of hydrogen-bond acceptors (Lipinski definition) is 7. The van der Waals surface area contributed by atoms with Crippen molar-refractivity contribution < 1.29 is 4.79 Å². The van der Waals surface area contributed by atoms with Gasteiger partial charge in [-0.1, -0.05) is 32.6 Å². The molecule has 1 aromatic heterocycles. The summed E-state index contributed by atoms with van der Waals surface area (Å²) in [5, 5.41) is 11.2. The van der Waals surface area contributed by atoms with Crippen molar-refractivity contribution in [2.75, 3.05) is 49.7 Å². The minimum absolute atomic E-state index is 0.0859. The molecule has 1 fully saturated rings. The van der Waals surface area contributed by atoms with Gasteiger partial charge in [0.2, 0.25) is 0 Å². The van der Waals surface area contributed by atoms with Gasteiger partial charge in [0.25, 0.3) is 0 Å². The summed E-state index contributed by atoms with van der Waals surface area (Å²) in [6.07, 6.45) is 0. The number of ketones is 1. The summed E-state index contributed by atoms with van der Waals surface area (Å²) in [5.74, 6) is 6.95. The Balaban J connectivity index is 1.71. The van der Waals surface area contributed by atoms with Crippen LogP contribution in [0.15, 0.2) is 36.4 Å². The molecule has 7 nitrogen and oxygen atoms in total. The fraction of sp³-hybridized carbons (Fsp3) is 0.483. The van der Waals surface area contributed by atoms with E-state index in [4.69, 9.17) is 0 Å². The molecule has 1 saturated heterocycles. The third-order valence-electron chi connectivity index (χ3n) is 6.08. The highest BCUT2D eigenvalue weighted by Gasteiger charge is 2.23. The normalized spacial score (nSPS) is 14.6. The van der Waals surface area contributed by atoms with Gasteiger partial charge in [0.1, 0.15) is 11.8 Å². The second-order valence-corrected chi connectivity index (χ2v) is 10.8. The standard InChI is InChI=1S/C29H38N6O/c1-22(2)34-18-16-33(17-19-34)15-7-8-24-9-11-25(12-10-24)32-35(21-29(4,5)6)28-27(23(3)36)14-13-26(20-30)31-28/h9-14,22,32H,15-19,21H2,1-6H3. The number of aromatic nitrogens is 1. The molecule has 2 heterocycles. The maximum atomic E-state index is 12.3. The highest BCUT2D eigenvalue weighted by molar-refractivity contribution is 5.99.